The summed E-state index contributed by atoms with van der Waals surface area (Å²) in [6.07, 6.45) is 6.18. The molecule has 0 radical (unpaired) electrons. The maximum atomic E-state index is 12.7. The van der Waals surface area contributed by atoms with Gasteiger partial charge in [0.2, 0.25) is 11.9 Å². The van der Waals surface area contributed by atoms with E-state index in [-0.39, 0.29) is 11.2 Å². The number of amides is 1. The van der Waals surface area contributed by atoms with Crippen molar-refractivity contribution in [1.29, 1.82) is 0 Å². The largest absolute Gasteiger partial charge is 0.340 e. The molecule has 1 amide bonds. The molecule has 0 N–H and O–H groups in total. The van der Waals surface area contributed by atoms with E-state index in [0.717, 1.165) is 37.0 Å². The van der Waals surface area contributed by atoms with Crippen molar-refractivity contribution in [2.45, 2.75) is 23.6 Å². The van der Waals surface area contributed by atoms with Crippen LogP contribution in [0.25, 0.3) is 0 Å². The molecule has 3 heterocycles. The van der Waals surface area contributed by atoms with Crippen molar-refractivity contribution in [1.82, 2.24) is 19.9 Å². The highest BCUT2D eigenvalue weighted by molar-refractivity contribution is 8.00. The van der Waals surface area contributed by atoms with Gasteiger partial charge in [0.1, 0.15) is 0 Å². The number of carbonyl (C=O) groups excluding carboxylic acids is 1. The summed E-state index contributed by atoms with van der Waals surface area (Å²) >= 11 is 1.51. The molecule has 2 aromatic rings. The summed E-state index contributed by atoms with van der Waals surface area (Å²) in [6, 6.07) is 7.57. The molecule has 0 bridgehead atoms. The average molecular weight is 343 g/mol. The van der Waals surface area contributed by atoms with Gasteiger partial charge in [0.15, 0.2) is 0 Å². The topological polar surface area (TPSA) is 62.2 Å². The Morgan fingerprint density at radius 1 is 1.04 bits per heavy atom. The Kier molecular flexibility index (Phi) is 5.63. The van der Waals surface area contributed by atoms with Gasteiger partial charge in [-0.15, -0.1) is 0 Å². The first-order chi connectivity index (χ1) is 11.7. The van der Waals surface area contributed by atoms with Gasteiger partial charge < -0.3 is 9.80 Å². The zero-order valence-electron chi connectivity index (χ0n) is 13.7. The van der Waals surface area contributed by atoms with Gasteiger partial charge in [-0.3, -0.25) is 4.79 Å². The molecule has 0 aromatic carbocycles. The lowest BCUT2D eigenvalue weighted by Crippen LogP contribution is -2.39. The standard InChI is InChI=1S/C17H21N5OS/c1-14(24-15-6-2-3-7-18-15)16(23)21-10-5-11-22(13-12-21)17-19-8-4-9-20-17/h2-4,6-9,14H,5,10-13H2,1H3/t14-/m0/s1. The lowest BCUT2D eigenvalue weighted by molar-refractivity contribution is -0.130. The van der Waals surface area contributed by atoms with E-state index in [1.807, 2.05) is 36.1 Å². The number of hydrogen-bond donors (Lipinski definition) is 0. The Balaban J connectivity index is 1.58. The number of thioether (sulfide) groups is 1. The summed E-state index contributed by atoms with van der Waals surface area (Å²) in [5.41, 5.74) is 0. The highest BCUT2D eigenvalue weighted by atomic mass is 32.2. The molecule has 1 aliphatic heterocycles. The average Bonchev–Trinajstić information content (AvgIpc) is 2.89. The third kappa shape index (κ3) is 4.23. The number of nitrogens with zero attached hydrogens (tertiary/aromatic N) is 5. The quantitative estimate of drug-likeness (QED) is 0.792. The monoisotopic (exact) mass is 343 g/mol. The van der Waals surface area contributed by atoms with Crippen LogP contribution in [0.15, 0.2) is 47.9 Å². The van der Waals surface area contributed by atoms with E-state index in [2.05, 4.69) is 19.9 Å². The van der Waals surface area contributed by atoms with E-state index in [9.17, 15) is 4.79 Å². The van der Waals surface area contributed by atoms with Crippen LogP contribution in [-0.2, 0) is 4.79 Å². The Morgan fingerprint density at radius 2 is 1.83 bits per heavy atom. The molecular formula is C17H21N5OS. The molecule has 1 aliphatic rings. The summed E-state index contributed by atoms with van der Waals surface area (Å²) in [6.45, 7) is 5.05. The zero-order valence-corrected chi connectivity index (χ0v) is 14.5. The number of aromatic nitrogens is 3. The Bertz CT molecular complexity index is 655. The first-order valence-corrected chi connectivity index (χ1v) is 9.00. The molecule has 1 fully saturated rings. The predicted octanol–water partition coefficient (Wildman–Crippen LogP) is 2.09. The van der Waals surface area contributed by atoms with Crippen molar-refractivity contribution >= 4 is 23.6 Å². The second-order valence-electron chi connectivity index (χ2n) is 5.64. The fraction of sp³-hybridized carbons (Fsp3) is 0.412. The van der Waals surface area contributed by atoms with Crippen LogP contribution in [0.3, 0.4) is 0 Å². The summed E-state index contributed by atoms with van der Waals surface area (Å²) in [7, 11) is 0. The normalized spacial score (nSPS) is 16.5. The molecular weight excluding hydrogens is 322 g/mol. The fourth-order valence-corrected chi connectivity index (χ4v) is 3.59. The molecule has 1 saturated heterocycles. The number of anilines is 1. The minimum Gasteiger partial charge on any atom is -0.340 e. The number of pyridine rings is 1. The summed E-state index contributed by atoms with van der Waals surface area (Å²) < 4.78 is 0. The Labute approximate surface area is 146 Å². The van der Waals surface area contributed by atoms with E-state index in [1.165, 1.54) is 11.8 Å². The van der Waals surface area contributed by atoms with Gasteiger partial charge in [0.25, 0.3) is 0 Å². The Hall–Kier alpha value is -2.15. The number of carbonyl (C=O) groups is 1. The highest BCUT2D eigenvalue weighted by Gasteiger charge is 2.24. The first kappa shape index (κ1) is 16.7. The van der Waals surface area contributed by atoms with Crippen LogP contribution in [0.4, 0.5) is 5.95 Å². The second-order valence-corrected chi connectivity index (χ2v) is 7.00. The van der Waals surface area contributed by atoms with Crippen LogP contribution >= 0.6 is 11.8 Å². The predicted molar refractivity (Wildman–Crippen MR) is 95.0 cm³/mol. The van der Waals surface area contributed by atoms with Gasteiger partial charge in [-0.1, -0.05) is 17.8 Å². The molecule has 0 spiro atoms. The third-order valence-electron chi connectivity index (χ3n) is 3.93. The summed E-state index contributed by atoms with van der Waals surface area (Å²) in [5.74, 6) is 0.907. The van der Waals surface area contributed by atoms with Crippen LogP contribution in [0.5, 0.6) is 0 Å². The summed E-state index contributed by atoms with van der Waals surface area (Å²) in [5, 5.41) is 0.743. The number of hydrogen-bond acceptors (Lipinski definition) is 6. The van der Waals surface area contributed by atoms with Crippen molar-refractivity contribution in [2.75, 3.05) is 31.1 Å². The highest BCUT2D eigenvalue weighted by Crippen LogP contribution is 2.22. The van der Waals surface area contributed by atoms with Crippen LogP contribution in [0, 0.1) is 0 Å². The maximum Gasteiger partial charge on any atom is 0.235 e. The number of rotatable bonds is 4. The maximum absolute atomic E-state index is 12.7. The molecule has 24 heavy (non-hydrogen) atoms. The van der Waals surface area contributed by atoms with Crippen LogP contribution < -0.4 is 4.90 Å². The molecule has 2 aromatic heterocycles. The minimum atomic E-state index is -0.139. The molecule has 1 atom stereocenters. The molecule has 0 unspecified atom stereocenters. The van der Waals surface area contributed by atoms with Gasteiger partial charge in [-0.25, -0.2) is 15.0 Å². The zero-order chi connectivity index (χ0) is 16.8. The molecule has 0 saturated carbocycles. The van der Waals surface area contributed by atoms with Crippen molar-refractivity contribution < 1.29 is 4.79 Å². The fourth-order valence-electron chi connectivity index (χ4n) is 2.70. The van der Waals surface area contributed by atoms with E-state index >= 15 is 0 Å². The van der Waals surface area contributed by atoms with Crippen LogP contribution in [0.1, 0.15) is 13.3 Å². The smallest absolute Gasteiger partial charge is 0.235 e. The van der Waals surface area contributed by atoms with Crippen molar-refractivity contribution in [3.63, 3.8) is 0 Å². The van der Waals surface area contributed by atoms with Gasteiger partial charge in [-0.05, 0) is 31.5 Å². The van der Waals surface area contributed by atoms with Crippen molar-refractivity contribution in [3.8, 4) is 0 Å². The van der Waals surface area contributed by atoms with Gasteiger partial charge in [0.05, 0.1) is 10.3 Å². The van der Waals surface area contributed by atoms with Crippen LogP contribution in [-0.4, -0.2) is 57.2 Å². The van der Waals surface area contributed by atoms with E-state index in [4.69, 9.17) is 0 Å². The van der Waals surface area contributed by atoms with Crippen molar-refractivity contribution in [3.05, 3.63) is 42.9 Å². The molecule has 6 nitrogen and oxygen atoms in total. The van der Waals surface area contributed by atoms with Gasteiger partial charge >= 0.3 is 0 Å². The van der Waals surface area contributed by atoms with Gasteiger partial charge in [-0.2, -0.15) is 0 Å². The lowest BCUT2D eigenvalue weighted by atomic mass is 10.3. The summed E-state index contributed by atoms with van der Waals surface area (Å²) in [4.78, 5) is 29.7. The van der Waals surface area contributed by atoms with E-state index in [1.54, 1.807) is 18.6 Å². The van der Waals surface area contributed by atoms with Crippen LogP contribution in [0.2, 0.25) is 0 Å². The molecule has 0 aliphatic carbocycles. The molecule has 7 heteroatoms. The minimum absolute atomic E-state index is 0.139. The lowest BCUT2D eigenvalue weighted by Gasteiger charge is -2.24. The third-order valence-corrected chi connectivity index (χ3v) is 4.96. The van der Waals surface area contributed by atoms with E-state index in [0.29, 0.717) is 6.54 Å². The SMILES string of the molecule is C[C@H](Sc1ccccn1)C(=O)N1CCCN(c2ncccn2)CC1. The molecule has 3 rings (SSSR count). The first-order valence-electron chi connectivity index (χ1n) is 8.12. The second kappa shape index (κ2) is 8.10. The van der Waals surface area contributed by atoms with Crippen molar-refractivity contribution in [2.24, 2.45) is 0 Å². The Morgan fingerprint density at radius 3 is 2.58 bits per heavy atom. The van der Waals surface area contributed by atoms with E-state index < -0.39 is 0 Å². The van der Waals surface area contributed by atoms with Gasteiger partial charge in [0, 0.05) is 44.8 Å². The molecule has 126 valence electrons.